The van der Waals surface area contributed by atoms with Crippen molar-refractivity contribution in [1.82, 2.24) is 19.3 Å². The number of nitrogens with two attached hydrogens (primary N) is 1. The van der Waals surface area contributed by atoms with Gasteiger partial charge in [0, 0.05) is 61.5 Å². The molecule has 0 spiro atoms. The van der Waals surface area contributed by atoms with E-state index in [0.717, 1.165) is 11.4 Å². The molecule has 2 heterocycles. The molecule has 5 rings (SSSR count). The van der Waals surface area contributed by atoms with Crippen LogP contribution in [0.25, 0.3) is 11.4 Å². The molecule has 0 saturated heterocycles. The van der Waals surface area contributed by atoms with Gasteiger partial charge in [-0.05, 0) is 69.3 Å². The van der Waals surface area contributed by atoms with Gasteiger partial charge in [-0.25, -0.2) is 9.98 Å². The number of hydrogen-bond donors (Lipinski definition) is 1. The molecule has 0 fully saturated rings. The number of aryl methyl sites for hydroxylation is 3. The molecule has 3 aromatic carbocycles. The maximum atomic E-state index is 5.03. The number of benzene rings is 3. The van der Waals surface area contributed by atoms with Gasteiger partial charge < -0.3 is 10.3 Å². The molecule has 0 aliphatic heterocycles. The van der Waals surface area contributed by atoms with Crippen molar-refractivity contribution >= 4 is 18.4 Å². The van der Waals surface area contributed by atoms with Crippen LogP contribution in [0, 0.1) is 58.5 Å². The van der Waals surface area contributed by atoms with Crippen molar-refractivity contribution in [2.75, 3.05) is 0 Å². The second-order valence-corrected chi connectivity index (χ2v) is 8.01. The third kappa shape index (κ3) is 12.7. The first kappa shape index (κ1) is 33.5. The molecule has 0 aliphatic carbocycles. The number of hydrogen-bond acceptors (Lipinski definition) is 3. The van der Waals surface area contributed by atoms with Gasteiger partial charge in [-0.2, -0.15) is 0 Å². The van der Waals surface area contributed by atoms with Crippen molar-refractivity contribution in [2.45, 2.75) is 34.6 Å². The molecule has 0 aliphatic rings. The van der Waals surface area contributed by atoms with Gasteiger partial charge in [-0.1, -0.05) is 66.9 Å². The quantitative estimate of drug-likeness (QED) is 0.194. The second-order valence-electron chi connectivity index (χ2n) is 8.01. The Morgan fingerprint density at radius 1 is 0.641 bits per heavy atom. The second kappa shape index (κ2) is 19.5. The van der Waals surface area contributed by atoms with Crippen LogP contribution in [0.15, 0.2) is 120 Å². The van der Waals surface area contributed by atoms with E-state index in [4.69, 9.17) is 5.73 Å². The fraction of sp³-hybridized carbons (Fsp3) is 0.161. The molecular weight excluding hydrogens is 510 g/mol. The Bertz CT molecular complexity index is 1250. The van der Waals surface area contributed by atoms with Crippen molar-refractivity contribution in [2.24, 2.45) is 15.7 Å². The molecule has 0 radical (unpaired) electrons. The largest absolute Gasteiger partial charge is 0.390 e. The van der Waals surface area contributed by atoms with E-state index in [2.05, 4.69) is 75.0 Å². The predicted octanol–water partition coefficient (Wildman–Crippen LogP) is 7.03. The van der Waals surface area contributed by atoms with Crippen LogP contribution >= 0.6 is 0 Å². The summed E-state index contributed by atoms with van der Waals surface area (Å²) in [4.78, 5) is 7.68. The zero-order chi connectivity index (χ0) is 27.6. The molecule has 0 unspecified atom stereocenters. The minimum absolute atomic E-state index is 0. The molecule has 0 bridgehead atoms. The number of nitrogens with zero attached hydrogens (tertiary/aromatic N) is 6. The molecule has 0 atom stereocenters. The Hall–Kier alpha value is -3.52. The Balaban J connectivity index is 0.000000280. The topological polar surface area (TPSA) is 86.4 Å². The predicted molar refractivity (Wildman–Crippen MR) is 160 cm³/mol. The average Bonchev–Trinajstić information content (AvgIpc) is 3.68. The number of aliphatic imine (C=N–C) groups is 2. The van der Waals surface area contributed by atoms with E-state index < -0.39 is 0 Å². The van der Waals surface area contributed by atoms with Crippen LogP contribution in [-0.2, 0) is 0 Å². The van der Waals surface area contributed by atoms with Gasteiger partial charge in [0.2, 0.25) is 0 Å². The standard InChI is InChI=1S/C11H11N.C9H9N3.C9H11N3.C2H6.Ar/c1-10-4-6-11(7-5-10)12-8-2-3-9-12;1-8-2-4-9(5-3-8)12-6-10-11-7-12;1-8-2-4-9(5-3-8)12-7-11-6-10;1-2;/h2-9H,1H3;2-7H,1H3;2-7H,1H3,(H2,10,11,12);1-2H3;. The van der Waals surface area contributed by atoms with E-state index in [1.165, 1.54) is 35.1 Å². The SMILES string of the molecule is CC.Cc1ccc(-n2cccc2)cc1.Cc1ccc(-n2cnnc2)cc1.Cc1ccc(N=CN=CN)cc1.[Ar]. The molecule has 0 saturated carbocycles. The van der Waals surface area contributed by atoms with Gasteiger partial charge in [0.25, 0.3) is 0 Å². The van der Waals surface area contributed by atoms with Gasteiger partial charge >= 0.3 is 0 Å². The molecule has 8 heteroatoms. The van der Waals surface area contributed by atoms with E-state index in [1.54, 1.807) is 12.7 Å². The van der Waals surface area contributed by atoms with Crippen molar-refractivity contribution in [1.29, 1.82) is 0 Å². The van der Waals surface area contributed by atoms with Gasteiger partial charge in [0.1, 0.15) is 19.0 Å². The summed E-state index contributed by atoms with van der Waals surface area (Å²) >= 11 is 0. The zero-order valence-electron chi connectivity index (χ0n) is 23.2. The van der Waals surface area contributed by atoms with Crippen LogP contribution in [0.4, 0.5) is 5.69 Å². The summed E-state index contributed by atoms with van der Waals surface area (Å²) in [6, 6.07) is 28.6. The minimum Gasteiger partial charge on any atom is -0.390 e. The normalized spacial score (nSPS) is 9.87. The zero-order valence-corrected chi connectivity index (χ0v) is 23.9. The third-order valence-electron chi connectivity index (χ3n) is 5.08. The van der Waals surface area contributed by atoms with Gasteiger partial charge in [-0.15, -0.1) is 10.2 Å². The molecule has 39 heavy (non-hydrogen) atoms. The van der Waals surface area contributed by atoms with Crippen LogP contribution in [0.2, 0.25) is 0 Å². The van der Waals surface area contributed by atoms with E-state index in [-0.39, 0.29) is 37.7 Å². The van der Waals surface area contributed by atoms with Gasteiger partial charge in [0.15, 0.2) is 0 Å². The fourth-order valence-electron chi connectivity index (χ4n) is 3.04. The summed E-state index contributed by atoms with van der Waals surface area (Å²) in [5.74, 6) is 0. The van der Waals surface area contributed by atoms with Crippen molar-refractivity contribution in [3.05, 3.63) is 127 Å². The molecule has 7 nitrogen and oxygen atoms in total. The maximum Gasteiger partial charge on any atom is 0.123 e. The maximum absolute atomic E-state index is 5.03. The van der Waals surface area contributed by atoms with Gasteiger partial charge in [0.05, 0.1) is 12.0 Å². The Morgan fingerprint density at radius 2 is 1.05 bits per heavy atom. The third-order valence-corrected chi connectivity index (χ3v) is 5.08. The molecule has 0 amide bonds. The molecule has 5 aromatic rings. The summed E-state index contributed by atoms with van der Waals surface area (Å²) in [7, 11) is 0. The van der Waals surface area contributed by atoms with Crippen LogP contribution in [0.5, 0.6) is 0 Å². The van der Waals surface area contributed by atoms with E-state index in [1.807, 2.05) is 86.3 Å². The number of rotatable bonds is 4. The average molecular weight is 548 g/mol. The Kier molecular flexibility index (Phi) is 16.8. The summed E-state index contributed by atoms with van der Waals surface area (Å²) in [5.41, 5.74) is 12.0. The monoisotopic (exact) mass is 547 g/mol. The Morgan fingerprint density at radius 3 is 1.49 bits per heavy atom. The Labute approximate surface area is 262 Å². The number of aromatic nitrogens is 4. The first-order valence-electron chi connectivity index (χ1n) is 12.5. The minimum atomic E-state index is 0. The summed E-state index contributed by atoms with van der Waals surface area (Å²) in [6.45, 7) is 10.2. The van der Waals surface area contributed by atoms with E-state index in [0.29, 0.717) is 0 Å². The molecular formula is C31H37ArN7. The van der Waals surface area contributed by atoms with Crippen LogP contribution < -0.4 is 5.73 Å². The first-order valence-corrected chi connectivity index (χ1v) is 12.5. The fourth-order valence-corrected chi connectivity index (χ4v) is 3.04. The summed E-state index contributed by atoms with van der Waals surface area (Å²) in [5, 5.41) is 7.47. The molecule has 204 valence electrons. The van der Waals surface area contributed by atoms with Crippen LogP contribution in [0.1, 0.15) is 30.5 Å². The summed E-state index contributed by atoms with van der Waals surface area (Å²) in [6.07, 6.45) is 10.1. The van der Waals surface area contributed by atoms with Crippen molar-refractivity contribution < 1.29 is 37.7 Å². The first-order chi connectivity index (χ1) is 18.5. The van der Waals surface area contributed by atoms with Crippen LogP contribution in [-0.4, -0.2) is 32.0 Å². The van der Waals surface area contributed by atoms with Gasteiger partial charge in [-0.3, -0.25) is 4.57 Å². The van der Waals surface area contributed by atoms with Crippen LogP contribution in [0.3, 0.4) is 0 Å². The van der Waals surface area contributed by atoms with E-state index >= 15 is 0 Å². The van der Waals surface area contributed by atoms with Crippen molar-refractivity contribution in [3.63, 3.8) is 0 Å². The van der Waals surface area contributed by atoms with Crippen molar-refractivity contribution in [3.8, 4) is 11.4 Å². The molecule has 2 aromatic heterocycles. The summed E-state index contributed by atoms with van der Waals surface area (Å²) < 4.78 is 3.97. The van der Waals surface area contributed by atoms with E-state index in [9.17, 15) is 0 Å². The molecule has 2 N–H and O–H groups in total. The smallest absolute Gasteiger partial charge is 0.123 e.